The summed E-state index contributed by atoms with van der Waals surface area (Å²) in [6, 6.07) is 19.4. The number of ether oxygens (including phenoxy) is 2. The Morgan fingerprint density at radius 1 is 1.06 bits per heavy atom. The first kappa shape index (κ1) is 23.2. The molecule has 3 unspecified atom stereocenters. The number of phenols is 2. The number of aromatic hydroxyl groups is 2. The van der Waals surface area contributed by atoms with Gasteiger partial charge in [-0.25, -0.2) is 4.39 Å². The molecule has 1 saturated heterocycles. The number of rotatable bonds is 6. The van der Waals surface area contributed by atoms with Gasteiger partial charge in [0.2, 0.25) is 0 Å². The summed E-state index contributed by atoms with van der Waals surface area (Å²) in [5.74, 6) is 2.05. The van der Waals surface area contributed by atoms with E-state index in [0.29, 0.717) is 17.4 Å². The third-order valence-corrected chi connectivity index (χ3v) is 6.79. The maximum Gasteiger partial charge on any atom is 0.251 e. The highest BCUT2D eigenvalue weighted by atomic mass is 19.1. The normalized spacial score (nSPS) is 20.9. The van der Waals surface area contributed by atoms with E-state index in [0.717, 1.165) is 47.3 Å². The molecule has 2 aliphatic rings. The maximum atomic E-state index is 14.6. The fraction of sp³-hybridized carbons (Fsp3) is 0.310. The molecule has 3 aromatic rings. The minimum atomic E-state index is -1.39. The fourth-order valence-electron chi connectivity index (χ4n) is 5.02. The van der Waals surface area contributed by atoms with Gasteiger partial charge in [-0.15, -0.1) is 0 Å². The van der Waals surface area contributed by atoms with Gasteiger partial charge in [-0.05, 0) is 85.0 Å². The van der Waals surface area contributed by atoms with Crippen LogP contribution in [0.3, 0.4) is 0 Å². The number of alkyl halides is 1. The van der Waals surface area contributed by atoms with Crippen molar-refractivity contribution in [2.24, 2.45) is 5.92 Å². The Morgan fingerprint density at radius 2 is 1.83 bits per heavy atom. The van der Waals surface area contributed by atoms with Crippen LogP contribution in [0.4, 0.5) is 4.39 Å². The van der Waals surface area contributed by atoms with E-state index in [2.05, 4.69) is 11.8 Å². The van der Waals surface area contributed by atoms with Crippen molar-refractivity contribution in [1.29, 1.82) is 0 Å². The average Bonchev–Trinajstić information content (AvgIpc) is 3.24. The highest BCUT2D eigenvalue weighted by Gasteiger charge is 2.30. The highest BCUT2D eigenvalue weighted by Crippen LogP contribution is 2.47. The molecule has 0 aliphatic carbocycles. The van der Waals surface area contributed by atoms with Crippen LogP contribution in [0.5, 0.6) is 23.0 Å². The van der Waals surface area contributed by atoms with Gasteiger partial charge in [0, 0.05) is 17.7 Å². The van der Waals surface area contributed by atoms with E-state index in [1.807, 2.05) is 25.1 Å². The van der Waals surface area contributed by atoms with Gasteiger partial charge in [0.1, 0.15) is 29.1 Å². The van der Waals surface area contributed by atoms with E-state index >= 15 is 0 Å². The van der Waals surface area contributed by atoms with Crippen LogP contribution in [0.1, 0.15) is 43.1 Å². The molecular weight excluding hydrogens is 445 g/mol. The first-order valence-electron chi connectivity index (χ1n) is 12.0. The second-order valence-electron chi connectivity index (χ2n) is 9.52. The number of allylic oxidation sites excluding steroid dienone is 1. The Hall–Kier alpha value is -3.51. The molecular formula is C29H30FNO4. The van der Waals surface area contributed by atoms with Crippen molar-refractivity contribution < 1.29 is 24.1 Å². The number of hydrogen-bond donors (Lipinski definition) is 2. The molecule has 0 aromatic heterocycles. The molecule has 6 heteroatoms. The van der Waals surface area contributed by atoms with E-state index in [1.165, 1.54) is 0 Å². The standard InChI is InChI=1S/C29H30FNO4/c1-18-12-13-31(16-18)17-27(30)34-24-9-6-20(7-10-24)29-28(21-4-3-5-22(32)14-21)19(2)25-15-23(33)8-11-26(25)35-29/h3-11,14-15,18,27,29,32-33H,12-13,16-17H2,1-2H3. The van der Waals surface area contributed by atoms with Crippen LogP contribution in [0.25, 0.3) is 11.1 Å². The van der Waals surface area contributed by atoms with Gasteiger partial charge < -0.3 is 19.7 Å². The van der Waals surface area contributed by atoms with E-state index in [9.17, 15) is 14.6 Å². The molecule has 0 spiro atoms. The van der Waals surface area contributed by atoms with Crippen molar-refractivity contribution in [2.45, 2.75) is 32.7 Å². The zero-order chi connectivity index (χ0) is 24.5. The monoisotopic (exact) mass is 475 g/mol. The molecule has 0 amide bonds. The smallest absolute Gasteiger partial charge is 0.251 e. The van der Waals surface area contributed by atoms with Crippen LogP contribution in [0, 0.1) is 5.92 Å². The summed E-state index contributed by atoms with van der Waals surface area (Å²) in [5, 5.41) is 20.1. The first-order chi connectivity index (χ1) is 16.9. The maximum absolute atomic E-state index is 14.6. The first-order valence-corrected chi connectivity index (χ1v) is 12.0. The molecule has 5 rings (SSSR count). The minimum absolute atomic E-state index is 0.158. The van der Waals surface area contributed by atoms with Crippen LogP contribution in [-0.4, -0.2) is 41.1 Å². The number of benzene rings is 3. The van der Waals surface area contributed by atoms with Crippen molar-refractivity contribution in [2.75, 3.05) is 19.6 Å². The van der Waals surface area contributed by atoms with Gasteiger partial charge in [-0.1, -0.05) is 31.2 Å². The largest absolute Gasteiger partial charge is 0.508 e. The Kier molecular flexibility index (Phi) is 6.39. The third-order valence-electron chi connectivity index (χ3n) is 6.79. The Morgan fingerprint density at radius 3 is 2.54 bits per heavy atom. The summed E-state index contributed by atoms with van der Waals surface area (Å²) >= 11 is 0. The van der Waals surface area contributed by atoms with Gasteiger partial charge in [0.15, 0.2) is 0 Å². The predicted octanol–water partition coefficient (Wildman–Crippen LogP) is 6.18. The van der Waals surface area contributed by atoms with Gasteiger partial charge >= 0.3 is 0 Å². The van der Waals surface area contributed by atoms with Crippen LogP contribution in [0.2, 0.25) is 0 Å². The van der Waals surface area contributed by atoms with Gasteiger partial charge in [-0.3, -0.25) is 4.90 Å². The summed E-state index contributed by atoms with van der Waals surface area (Å²) in [5.41, 5.74) is 4.33. The number of nitrogens with zero attached hydrogens (tertiary/aromatic N) is 1. The molecule has 35 heavy (non-hydrogen) atoms. The van der Waals surface area contributed by atoms with Gasteiger partial charge in [-0.2, -0.15) is 0 Å². The molecule has 3 atom stereocenters. The third kappa shape index (κ3) is 4.98. The van der Waals surface area contributed by atoms with Crippen molar-refractivity contribution in [3.8, 4) is 23.0 Å². The summed E-state index contributed by atoms with van der Waals surface area (Å²) in [7, 11) is 0. The molecule has 2 N–H and O–H groups in total. The minimum Gasteiger partial charge on any atom is -0.508 e. The molecule has 182 valence electrons. The molecule has 3 aromatic carbocycles. The lowest BCUT2D eigenvalue weighted by atomic mass is 9.86. The molecule has 2 heterocycles. The summed E-state index contributed by atoms with van der Waals surface area (Å²) in [6.07, 6.45) is -0.739. The summed E-state index contributed by atoms with van der Waals surface area (Å²) in [6.45, 7) is 6.25. The van der Waals surface area contributed by atoms with Gasteiger partial charge in [0.25, 0.3) is 6.36 Å². The molecule has 0 radical (unpaired) electrons. The second-order valence-corrected chi connectivity index (χ2v) is 9.52. The lowest BCUT2D eigenvalue weighted by Gasteiger charge is -2.31. The van der Waals surface area contributed by atoms with E-state index in [1.54, 1.807) is 48.5 Å². The SMILES string of the molecule is CC1=C(c2cccc(O)c2)C(c2ccc(OC(F)CN3CCC(C)C3)cc2)Oc2ccc(O)cc21. The summed E-state index contributed by atoms with van der Waals surface area (Å²) < 4.78 is 26.5. The van der Waals surface area contributed by atoms with Crippen molar-refractivity contribution in [3.05, 3.63) is 83.4 Å². The van der Waals surface area contributed by atoms with Crippen LogP contribution < -0.4 is 9.47 Å². The Bertz CT molecular complexity index is 1240. The fourth-order valence-corrected chi connectivity index (χ4v) is 5.02. The van der Waals surface area contributed by atoms with E-state index in [-0.39, 0.29) is 18.0 Å². The summed E-state index contributed by atoms with van der Waals surface area (Å²) in [4.78, 5) is 2.10. The van der Waals surface area contributed by atoms with E-state index < -0.39 is 12.5 Å². The molecule has 5 nitrogen and oxygen atoms in total. The molecule has 0 bridgehead atoms. The zero-order valence-corrected chi connectivity index (χ0v) is 19.9. The number of hydrogen-bond acceptors (Lipinski definition) is 5. The van der Waals surface area contributed by atoms with Crippen molar-refractivity contribution in [1.82, 2.24) is 4.90 Å². The van der Waals surface area contributed by atoms with Crippen LogP contribution in [0.15, 0.2) is 66.7 Å². The number of halogens is 1. The average molecular weight is 476 g/mol. The highest BCUT2D eigenvalue weighted by molar-refractivity contribution is 5.95. The number of likely N-dealkylation sites (tertiary alicyclic amines) is 1. The van der Waals surface area contributed by atoms with Crippen molar-refractivity contribution in [3.63, 3.8) is 0 Å². The Labute approximate surface area is 205 Å². The zero-order valence-electron chi connectivity index (χ0n) is 19.9. The Balaban J connectivity index is 1.42. The van der Waals surface area contributed by atoms with Crippen molar-refractivity contribution >= 4 is 11.1 Å². The lowest BCUT2D eigenvalue weighted by Crippen LogP contribution is -2.31. The number of fused-ring (bicyclic) bond motifs is 1. The topological polar surface area (TPSA) is 62.2 Å². The van der Waals surface area contributed by atoms with E-state index in [4.69, 9.17) is 9.47 Å². The molecule has 0 saturated carbocycles. The van der Waals surface area contributed by atoms with Gasteiger partial charge in [0.05, 0.1) is 6.54 Å². The predicted molar refractivity (Wildman–Crippen MR) is 134 cm³/mol. The quantitative estimate of drug-likeness (QED) is 0.446. The van der Waals surface area contributed by atoms with Crippen LogP contribution in [-0.2, 0) is 0 Å². The van der Waals surface area contributed by atoms with Crippen LogP contribution >= 0.6 is 0 Å². The second kappa shape index (κ2) is 9.62. The molecule has 1 fully saturated rings. The number of phenolic OH excluding ortho intramolecular Hbond substituents is 2. The molecule has 2 aliphatic heterocycles. The lowest BCUT2D eigenvalue weighted by molar-refractivity contribution is 0.0356.